The molecule has 2 aliphatic rings. The molecule has 1 unspecified atom stereocenters. The first-order chi connectivity index (χ1) is 9.34. The van der Waals surface area contributed by atoms with Gasteiger partial charge in [-0.15, -0.1) is 0 Å². The van der Waals surface area contributed by atoms with Crippen LogP contribution in [0, 0.1) is 16.7 Å². The van der Waals surface area contributed by atoms with E-state index in [0.29, 0.717) is 12.5 Å². The number of carbonyl (C=O) groups is 1. The predicted molar refractivity (Wildman–Crippen MR) is 77.0 cm³/mol. The van der Waals surface area contributed by atoms with Gasteiger partial charge in [0.25, 0.3) is 0 Å². The smallest absolute Gasteiger partial charge is 0.409 e. The molecule has 0 N–H and O–H groups in total. The summed E-state index contributed by atoms with van der Waals surface area (Å²) in [4.78, 5) is 24.6. The molecule has 0 aromatic rings. The summed E-state index contributed by atoms with van der Waals surface area (Å²) in [6.07, 6.45) is 2.56. The summed E-state index contributed by atoms with van der Waals surface area (Å²) < 4.78 is 5.06. The first-order valence-corrected chi connectivity index (χ1v) is 7.49. The van der Waals surface area contributed by atoms with Crippen molar-refractivity contribution in [2.24, 2.45) is 16.7 Å². The lowest BCUT2D eigenvalue weighted by molar-refractivity contribution is -0.0342. The highest BCUT2D eigenvalue weighted by Gasteiger charge is 2.56. The lowest BCUT2D eigenvalue weighted by Gasteiger charge is -2.58. The topological polar surface area (TPSA) is 46.6 Å². The number of nitrogens with zero attached hydrogens (tertiary/aromatic N) is 1. The monoisotopic (exact) mass is 279 g/mol. The molecule has 20 heavy (non-hydrogen) atoms. The summed E-state index contributed by atoms with van der Waals surface area (Å²) >= 11 is 0. The van der Waals surface area contributed by atoms with Crippen molar-refractivity contribution in [1.29, 1.82) is 0 Å². The van der Waals surface area contributed by atoms with E-state index in [9.17, 15) is 9.59 Å². The zero-order valence-corrected chi connectivity index (χ0v) is 13.0. The summed E-state index contributed by atoms with van der Waals surface area (Å²) in [5, 5.41) is 0. The highest BCUT2D eigenvalue weighted by Crippen LogP contribution is 2.62. The molecule has 4 heteroatoms. The third-order valence-corrected chi connectivity index (χ3v) is 4.79. The molecular formula is C16H25NO3. The fourth-order valence-electron chi connectivity index (χ4n) is 4.17. The van der Waals surface area contributed by atoms with Gasteiger partial charge in [-0.1, -0.05) is 20.8 Å². The molecule has 1 saturated heterocycles. The number of likely N-dealkylation sites (tertiary alicyclic amines) is 1. The van der Waals surface area contributed by atoms with Gasteiger partial charge in [0.2, 0.25) is 0 Å². The van der Waals surface area contributed by atoms with Crippen LogP contribution in [0.4, 0.5) is 4.79 Å². The molecule has 112 valence electrons. The Labute approximate surface area is 121 Å². The number of allylic oxidation sites excluding steroid dienone is 1. The summed E-state index contributed by atoms with van der Waals surface area (Å²) in [6.45, 7) is 10.3. The molecule has 1 amide bonds. The number of ether oxygens (including phenoxy) is 1. The SMILES string of the molecule is CCOC(=O)N1CCC2(CC1)CC(=C=O)C2C(C)(C)C. The minimum atomic E-state index is -0.208. The lowest BCUT2D eigenvalue weighted by Crippen LogP contribution is -2.55. The maximum Gasteiger partial charge on any atom is 0.409 e. The quantitative estimate of drug-likeness (QED) is 0.693. The first kappa shape index (κ1) is 15.1. The Hall–Kier alpha value is -1.28. The van der Waals surface area contributed by atoms with E-state index in [4.69, 9.17) is 4.74 Å². The Balaban J connectivity index is 2.06. The maximum atomic E-state index is 11.8. The summed E-state index contributed by atoms with van der Waals surface area (Å²) in [7, 11) is 0. The highest BCUT2D eigenvalue weighted by atomic mass is 16.6. The molecule has 1 spiro atoms. The van der Waals surface area contributed by atoms with E-state index in [1.807, 2.05) is 6.92 Å². The number of hydrogen-bond acceptors (Lipinski definition) is 3. The van der Waals surface area contributed by atoms with Crippen LogP contribution >= 0.6 is 0 Å². The number of piperidine rings is 1. The van der Waals surface area contributed by atoms with Crippen LogP contribution in [0.5, 0.6) is 0 Å². The van der Waals surface area contributed by atoms with Crippen molar-refractivity contribution in [3.63, 3.8) is 0 Å². The van der Waals surface area contributed by atoms with Gasteiger partial charge in [0.15, 0.2) is 0 Å². The van der Waals surface area contributed by atoms with Crippen LogP contribution in [0.2, 0.25) is 0 Å². The van der Waals surface area contributed by atoms with Crippen molar-refractivity contribution in [2.75, 3.05) is 19.7 Å². The van der Waals surface area contributed by atoms with Gasteiger partial charge < -0.3 is 9.64 Å². The van der Waals surface area contributed by atoms with Gasteiger partial charge in [-0.2, -0.15) is 0 Å². The Kier molecular flexibility index (Phi) is 3.97. The van der Waals surface area contributed by atoms with Crippen molar-refractivity contribution in [3.05, 3.63) is 5.57 Å². The van der Waals surface area contributed by atoms with Gasteiger partial charge in [-0.3, -0.25) is 0 Å². The zero-order valence-electron chi connectivity index (χ0n) is 13.0. The lowest BCUT2D eigenvalue weighted by atomic mass is 9.47. The van der Waals surface area contributed by atoms with Crippen LogP contribution in [0.3, 0.4) is 0 Å². The molecule has 1 aliphatic heterocycles. The molecule has 0 aromatic heterocycles. The van der Waals surface area contributed by atoms with Gasteiger partial charge in [-0.05, 0) is 37.0 Å². The molecule has 2 fully saturated rings. The summed E-state index contributed by atoms with van der Waals surface area (Å²) in [5.41, 5.74) is 1.20. The Bertz CT molecular complexity index is 435. The van der Waals surface area contributed by atoms with Crippen LogP contribution < -0.4 is 0 Å². The Morgan fingerprint density at radius 1 is 1.40 bits per heavy atom. The molecule has 1 aliphatic carbocycles. The number of carbonyl (C=O) groups excluding carboxylic acids is 2. The highest BCUT2D eigenvalue weighted by molar-refractivity contribution is 5.68. The van der Waals surface area contributed by atoms with E-state index in [0.717, 1.165) is 37.9 Å². The van der Waals surface area contributed by atoms with E-state index in [1.165, 1.54) is 0 Å². The predicted octanol–water partition coefficient (Wildman–Crippen LogP) is 3.05. The fraction of sp³-hybridized carbons (Fsp3) is 0.812. The van der Waals surface area contributed by atoms with Gasteiger partial charge >= 0.3 is 6.09 Å². The van der Waals surface area contributed by atoms with E-state index >= 15 is 0 Å². The van der Waals surface area contributed by atoms with Crippen molar-refractivity contribution in [3.8, 4) is 0 Å². The number of amides is 1. The van der Waals surface area contributed by atoms with Crippen LogP contribution in [-0.2, 0) is 9.53 Å². The fourth-order valence-corrected chi connectivity index (χ4v) is 4.17. The normalized spacial score (nSPS) is 25.1. The third-order valence-electron chi connectivity index (χ3n) is 4.79. The van der Waals surface area contributed by atoms with Crippen LogP contribution in [0.1, 0.15) is 47.0 Å². The van der Waals surface area contributed by atoms with Crippen molar-refractivity contribution in [2.45, 2.75) is 47.0 Å². The van der Waals surface area contributed by atoms with E-state index in [2.05, 4.69) is 26.7 Å². The molecule has 2 rings (SSSR count). The van der Waals surface area contributed by atoms with Gasteiger partial charge in [0, 0.05) is 24.6 Å². The van der Waals surface area contributed by atoms with Gasteiger partial charge in [0.1, 0.15) is 5.94 Å². The molecule has 0 radical (unpaired) electrons. The standard InChI is InChI=1S/C16H25NO3/c1-5-20-14(19)17-8-6-16(7-9-17)10-12(11-18)13(16)15(2,3)4/h13H,5-10H2,1-4H3. The van der Waals surface area contributed by atoms with E-state index in [-0.39, 0.29) is 16.9 Å². The van der Waals surface area contributed by atoms with Gasteiger partial charge in [0.05, 0.1) is 6.61 Å². The molecule has 4 nitrogen and oxygen atoms in total. The second-order valence-electron chi connectivity index (χ2n) is 7.15. The third kappa shape index (κ3) is 2.49. The largest absolute Gasteiger partial charge is 0.450 e. The molecular weight excluding hydrogens is 254 g/mol. The second kappa shape index (κ2) is 5.25. The average molecular weight is 279 g/mol. The first-order valence-electron chi connectivity index (χ1n) is 7.49. The van der Waals surface area contributed by atoms with Crippen LogP contribution in [-0.4, -0.2) is 36.6 Å². The van der Waals surface area contributed by atoms with E-state index in [1.54, 1.807) is 4.90 Å². The summed E-state index contributed by atoms with van der Waals surface area (Å²) in [5.74, 6) is 2.45. The van der Waals surface area contributed by atoms with Crippen molar-refractivity contribution >= 4 is 12.0 Å². The maximum absolute atomic E-state index is 11.8. The average Bonchev–Trinajstić information content (AvgIpc) is 2.34. The molecule has 0 aromatic carbocycles. The Morgan fingerprint density at radius 3 is 2.45 bits per heavy atom. The van der Waals surface area contributed by atoms with Crippen molar-refractivity contribution in [1.82, 2.24) is 4.90 Å². The van der Waals surface area contributed by atoms with Crippen LogP contribution in [0.25, 0.3) is 0 Å². The Morgan fingerprint density at radius 2 is 2.00 bits per heavy atom. The second-order valence-corrected chi connectivity index (χ2v) is 7.15. The van der Waals surface area contributed by atoms with E-state index < -0.39 is 0 Å². The molecule has 0 bridgehead atoms. The molecule has 1 atom stereocenters. The molecule has 1 heterocycles. The van der Waals surface area contributed by atoms with Crippen LogP contribution in [0.15, 0.2) is 5.57 Å². The number of rotatable bonds is 1. The zero-order chi connectivity index (χ0) is 15.0. The minimum absolute atomic E-state index is 0.0804. The molecule has 1 saturated carbocycles. The summed E-state index contributed by atoms with van der Waals surface area (Å²) in [6, 6.07) is 0. The van der Waals surface area contributed by atoms with Gasteiger partial charge in [-0.25, -0.2) is 9.59 Å². The number of hydrogen-bond donors (Lipinski definition) is 0. The minimum Gasteiger partial charge on any atom is -0.450 e. The van der Waals surface area contributed by atoms with Crippen molar-refractivity contribution < 1.29 is 14.3 Å².